The van der Waals surface area contributed by atoms with Crippen molar-refractivity contribution in [1.82, 2.24) is 19.2 Å². The molecule has 0 atom stereocenters. The van der Waals surface area contributed by atoms with E-state index in [0.29, 0.717) is 33.4 Å². The SMILES string of the molecule is CC(C)c1ccccc1NC(=O)CSc1nnc2n(-c3ccccc3)c(=O)c3ccccc3n12. The first-order valence-corrected chi connectivity index (χ1v) is 12.0. The second-order valence-electron chi connectivity index (χ2n) is 8.19. The summed E-state index contributed by atoms with van der Waals surface area (Å²) in [5.74, 6) is 0.732. The number of benzene rings is 3. The molecule has 0 radical (unpaired) electrons. The fourth-order valence-electron chi connectivity index (χ4n) is 4.01. The van der Waals surface area contributed by atoms with E-state index in [4.69, 9.17) is 0 Å². The molecule has 5 aromatic rings. The molecule has 0 bridgehead atoms. The van der Waals surface area contributed by atoms with E-state index in [1.54, 1.807) is 10.6 Å². The molecular formula is C26H23N5O2S. The van der Waals surface area contributed by atoms with Gasteiger partial charge in [-0.3, -0.25) is 14.0 Å². The Morgan fingerprint density at radius 1 is 0.941 bits per heavy atom. The first kappa shape index (κ1) is 21.9. The van der Waals surface area contributed by atoms with Crippen LogP contribution in [0.5, 0.6) is 0 Å². The highest BCUT2D eigenvalue weighted by Crippen LogP contribution is 2.26. The van der Waals surface area contributed by atoms with E-state index in [0.717, 1.165) is 11.3 Å². The van der Waals surface area contributed by atoms with Gasteiger partial charge in [-0.1, -0.05) is 74.1 Å². The lowest BCUT2D eigenvalue weighted by molar-refractivity contribution is -0.113. The number of rotatable bonds is 6. The lowest BCUT2D eigenvalue weighted by atomic mass is 10.0. The summed E-state index contributed by atoms with van der Waals surface area (Å²) in [6.45, 7) is 4.19. The number of carbonyl (C=O) groups is 1. The molecule has 7 nitrogen and oxygen atoms in total. The number of nitrogens with zero attached hydrogens (tertiary/aromatic N) is 4. The van der Waals surface area contributed by atoms with Gasteiger partial charge in [-0.05, 0) is 41.8 Å². The number of amides is 1. The summed E-state index contributed by atoms with van der Waals surface area (Å²) in [5, 5.41) is 12.8. The monoisotopic (exact) mass is 469 g/mol. The van der Waals surface area contributed by atoms with Crippen molar-refractivity contribution < 1.29 is 4.79 Å². The van der Waals surface area contributed by atoms with Gasteiger partial charge in [0.2, 0.25) is 11.7 Å². The number of hydrogen-bond acceptors (Lipinski definition) is 5. The molecule has 0 fully saturated rings. The third-order valence-electron chi connectivity index (χ3n) is 5.60. The number of fused-ring (bicyclic) bond motifs is 3. The highest BCUT2D eigenvalue weighted by atomic mass is 32.2. The van der Waals surface area contributed by atoms with E-state index in [1.165, 1.54) is 11.8 Å². The molecule has 0 aliphatic carbocycles. The van der Waals surface area contributed by atoms with Gasteiger partial charge in [0.15, 0.2) is 5.16 Å². The van der Waals surface area contributed by atoms with Crippen LogP contribution < -0.4 is 10.9 Å². The zero-order valence-corrected chi connectivity index (χ0v) is 19.6. The molecule has 0 aliphatic heterocycles. The Morgan fingerprint density at radius 3 is 2.44 bits per heavy atom. The van der Waals surface area contributed by atoms with E-state index in [1.807, 2.05) is 77.2 Å². The first-order chi connectivity index (χ1) is 16.5. The number of anilines is 1. The molecule has 3 aromatic carbocycles. The first-order valence-electron chi connectivity index (χ1n) is 11.0. The van der Waals surface area contributed by atoms with Crippen LogP contribution in [0.25, 0.3) is 22.4 Å². The molecule has 1 N–H and O–H groups in total. The lowest BCUT2D eigenvalue weighted by Gasteiger charge is -2.13. The molecule has 1 amide bonds. The Kier molecular flexibility index (Phi) is 5.90. The standard InChI is InChI=1S/C26H23N5O2S/c1-17(2)19-12-6-8-14-21(19)27-23(32)16-34-26-29-28-25-30(18-10-4-3-5-11-18)24(33)20-13-7-9-15-22(20)31(25)26/h3-15,17H,16H2,1-2H3,(H,27,32). The topological polar surface area (TPSA) is 81.3 Å². The van der Waals surface area contributed by atoms with Crippen LogP contribution in [0.15, 0.2) is 88.8 Å². The molecule has 34 heavy (non-hydrogen) atoms. The fourth-order valence-corrected chi connectivity index (χ4v) is 4.75. The maximum Gasteiger partial charge on any atom is 0.267 e. The van der Waals surface area contributed by atoms with Gasteiger partial charge < -0.3 is 5.32 Å². The van der Waals surface area contributed by atoms with Crippen molar-refractivity contribution in [3.8, 4) is 5.69 Å². The number of carbonyl (C=O) groups excluding carboxylic acids is 1. The Morgan fingerprint density at radius 2 is 1.65 bits per heavy atom. The number of hydrogen-bond donors (Lipinski definition) is 1. The van der Waals surface area contributed by atoms with Crippen LogP contribution in [-0.2, 0) is 4.79 Å². The number of aromatic nitrogens is 4. The average molecular weight is 470 g/mol. The van der Waals surface area contributed by atoms with Crippen molar-refractivity contribution in [3.63, 3.8) is 0 Å². The summed E-state index contributed by atoms with van der Waals surface area (Å²) in [4.78, 5) is 26.1. The van der Waals surface area contributed by atoms with Crippen LogP contribution in [-0.4, -0.2) is 30.8 Å². The summed E-state index contributed by atoms with van der Waals surface area (Å²) < 4.78 is 3.39. The van der Waals surface area contributed by atoms with Gasteiger partial charge in [-0.25, -0.2) is 4.57 Å². The molecule has 2 heterocycles. The molecule has 0 saturated carbocycles. The highest BCUT2D eigenvalue weighted by Gasteiger charge is 2.19. The van der Waals surface area contributed by atoms with Crippen LogP contribution >= 0.6 is 11.8 Å². The maximum absolute atomic E-state index is 13.3. The number of para-hydroxylation sites is 3. The molecule has 0 aliphatic rings. The summed E-state index contributed by atoms with van der Waals surface area (Å²) in [7, 11) is 0. The lowest BCUT2D eigenvalue weighted by Crippen LogP contribution is -2.22. The average Bonchev–Trinajstić information content (AvgIpc) is 3.27. The van der Waals surface area contributed by atoms with Crippen LogP contribution in [0.4, 0.5) is 5.69 Å². The summed E-state index contributed by atoms with van der Waals surface area (Å²) in [5.41, 5.74) is 3.15. The summed E-state index contributed by atoms with van der Waals surface area (Å²) >= 11 is 1.28. The molecule has 5 rings (SSSR count). The number of nitrogens with one attached hydrogen (secondary N) is 1. The zero-order valence-electron chi connectivity index (χ0n) is 18.8. The van der Waals surface area contributed by atoms with Gasteiger partial charge in [0, 0.05) is 5.69 Å². The maximum atomic E-state index is 13.3. The van der Waals surface area contributed by atoms with Crippen LogP contribution in [0.2, 0.25) is 0 Å². The van der Waals surface area contributed by atoms with E-state index >= 15 is 0 Å². The van der Waals surface area contributed by atoms with Crippen molar-refractivity contribution in [2.24, 2.45) is 0 Å². The van der Waals surface area contributed by atoms with Crippen molar-refractivity contribution in [2.75, 3.05) is 11.1 Å². The highest BCUT2D eigenvalue weighted by molar-refractivity contribution is 7.99. The molecule has 0 saturated heterocycles. The quantitative estimate of drug-likeness (QED) is 0.358. The molecule has 170 valence electrons. The Labute approximate surface area is 200 Å². The van der Waals surface area contributed by atoms with Crippen molar-refractivity contribution in [2.45, 2.75) is 24.9 Å². The van der Waals surface area contributed by atoms with Gasteiger partial charge in [-0.2, -0.15) is 0 Å². The molecule has 0 unspecified atom stereocenters. The summed E-state index contributed by atoms with van der Waals surface area (Å²) in [6, 6.07) is 24.5. The van der Waals surface area contributed by atoms with E-state index < -0.39 is 0 Å². The number of thioether (sulfide) groups is 1. The predicted octanol–water partition coefficient (Wildman–Crippen LogP) is 4.89. The Balaban J connectivity index is 1.52. The van der Waals surface area contributed by atoms with Gasteiger partial charge in [0.25, 0.3) is 5.56 Å². The molecular weight excluding hydrogens is 446 g/mol. The van der Waals surface area contributed by atoms with Crippen molar-refractivity contribution >= 4 is 40.0 Å². The van der Waals surface area contributed by atoms with E-state index in [-0.39, 0.29) is 17.2 Å². The van der Waals surface area contributed by atoms with Crippen LogP contribution in [0, 0.1) is 0 Å². The Bertz CT molecular complexity index is 1560. The second-order valence-corrected chi connectivity index (χ2v) is 9.13. The van der Waals surface area contributed by atoms with Gasteiger partial charge in [0.1, 0.15) is 0 Å². The van der Waals surface area contributed by atoms with E-state index in [9.17, 15) is 9.59 Å². The fraction of sp³-hybridized carbons (Fsp3) is 0.154. The minimum atomic E-state index is -0.165. The van der Waals surface area contributed by atoms with Gasteiger partial charge >= 0.3 is 0 Å². The molecule has 8 heteroatoms. The third-order valence-corrected chi connectivity index (χ3v) is 6.53. The third kappa shape index (κ3) is 3.97. The molecule has 0 spiro atoms. The van der Waals surface area contributed by atoms with Crippen LogP contribution in [0.3, 0.4) is 0 Å². The van der Waals surface area contributed by atoms with Crippen molar-refractivity contribution in [3.05, 3.63) is 94.8 Å². The van der Waals surface area contributed by atoms with Gasteiger partial charge in [-0.15, -0.1) is 10.2 Å². The minimum absolute atomic E-state index is 0.129. The van der Waals surface area contributed by atoms with Gasteiger partial charge in [0.05, 0.1) is 22.3 Å². The van der Waals surface area contributed by atoms with Crippen LogP contribution in [0.1, 0.15) is 25.3 Å². The second kappa shape index (κ2) is 9.15. The zero-order chi connectivity index (χ0) is 23.7. The Hall–Kier alpha value is -3.91. The smallest absolute Gasteiger partial charge is 0.267 e. The normalized spacial score (nSPS) is 11.4. The minimum Gasteiger partial charge on any atom is -0.325 e. The van der Waals surface area contributed by atoms with Crippen molar-refractivity contribution in [1.29, 1.82) is 0 Å². The summed E-state index contributed by atoms with van der Waals surface area (Å²) in [6.07, 6.45) is 0. The molecule has 2 aromatic heterocycles. The largest absolute Gasteiger partial charge is 0.325 e. The van der Waals surface area contributed by atoms with E-state index in [2.05, 4.69) is 29.4 Å². The predicted molar refractivity (Wildman–Crippen MR) is 136 cm³/mol.